The van der Waals surface area contributed by atoms with Gasteiger partial charge in [-0.2, -0.15) is 5.10 Å². The fraction of sp³-hybridized carbons (Fsp3) is 0.308. The molecule has 2 aromatic rings. The van der Waals surface area contributed by atoms with Crippen LogP contribution in [0.5, 0.6) is 11.5 Å². The van der Waals surface area contributed by atoms with Crippen LogP contribution in [0.2, 0.25) is 0 Å². The number of aryl methyl sites for hydroxylation is 2. The highest BCUT2D eigenvalue weighted by molar-refractivity contribution is 9.10. The number of ether oxygens (including phenoxy) is 1. The van der Waals surface area contributed by atoms with Crippen molar-refractivity contribution in [1.82, 2.24) is 9.78 Å². The van der Waals surface area contributed by atoms with Crippen molar-refractivity contribution in [3.05, 3.63) is 39.6 Å². The molecule has 0 atom stereocenters. The van der Waals surface area contributed by atoms with E-state index in [4.69, 9.17) is 10.5 Å². The normalized spacial score (nSPS) is 10.7. The van der Waals surface area contributed by atoms with E-state index in [1.807, 2.05) is 43.8 Å². The number of hydrogen-bond donors (Lipinski definition) is 1. The lowest BCUT2D eigenvalue weighted by atomic mass is 10.2. The lowest BCUT2D eigenvalue weighted by molar-refractivity contribution is 0.468. The van der Waals surface area contributed by atoms with Crippen LogP contribution in [-0.4, -0.2) is 9.78 Å². The first-order chi connectivity index (χ1) is 8.52. The van der Waals surface area contributed by atoms with Crippen molar-refractivity contribution in [2.24, 2.45) is 12.8 Å². The van der Waals surface area contributed by atoms with E-state index in [1.165, 1.54) is 0 Å². The lowest BCUT2D eigenvalue weighted by Crippen LogP contribution is -2.00. The molecule has 4 nitrogen and oxygen atoms in total. The Bertz CT molecular complexity index is 578. The van der Waals surface area contributed by atoms with Crippen molar-refractivity contribution < 1.29 is 4.74 Å². The molecule has 0 aliphatic heterocycles. The van der Waals surface area contributed by atoms with Gasteiger partial charge in [0.05, 0.1) is 5.69 Å². The van der Waals surface area contributed by atoms with Crippen molar-refractivity contribution in [3.63, 3.8) is 0 Å². The zero-order valence-electron chi connectivity index (χ0n) is 10.7. The van der Waals surface area contributed by atoms with Crippen LogP contribution in [0.15, 0.2) is 22.7 Å². The van der Waals surface area contributed by atoms with Gasteiger partial charge in [0, 0.05) is 23.6 Å². The molecular weight excluding hydrogens is 294 g/mol. The summed E-state index contributed by atoms with van der Waals surface area (Å²) in [6, 6.07) is 5.84. The summed E-state index contributed by atoms with van der Waals surface area (Å²) in [7, 11) is 1.90. The Morgan fingerprint density at radius 2 is 2.11 bits per heavy atom. The minimum absolute atomic E-state index is 0.445. The highest BCUT2D eigenvalue weighted by Gasteiger charge is 2.13. The van der Waals surface area contributed by atoms with Gasteiger partial charge in [-0.1, -0.05) is 22.0 Å². The quantitative estimate of drug-likeness (QED) is 0.948. The maximum atomic E-state index is 5.97. The molecule has 1 heterocycles. The van der Waals surface area contributed by atoms with E-state index in [-0.39, 0.29) is 0 Å². The molecule has 0 aliphatic rings. The van der Waals surface area contributed by atoms with Gasteiger partial charge >= 0.3 is 0 Å². The molecule has 96 valence electrons. The molecule has 0 fully saturated rings. The molecule has 5 heteroatoms. The van der Waals surface area contributed by atoms with Crippen LogP contribution in [0.1, 0.15) is 17.0 Å². The van der Waals surface area contributed by atoms with Gasteiger partial charge in [0.25, 0.3) is 0 Å². The largest absolute Gasteiger partial charge is 0.453 e. The van der Waals surface area contributed by atoms with Gasteiger partial charge in [-0.3, -0.25) is 4.68 Å². The summed E-state index contributed by atoms with van der Waals surface area (Å²) in [5, 5.41) is 4.33. The summed E-state index contributed by atoms with van der Waals surface area (Å²) in [6.45, 7) is 4.36. The van der Waals surface area contributed by atoms with Crippen LogP contribution in [0.3, 0.4) is 0 Å². The molecule has 0 radical (unpaired) electrons. The van der Waals surface area contributed by atoms with Crippen LogP contribution in [0.4, 0.5) is 0 Å². The predicted molar refractivity (Wildman–Crippen MR) is 74.8 cm³/mol. The first kappa shape index (κ1) is 13.1. The standard InChI is InChI=1S/C13H16BrN3O/c1-8-13(9(2)17(3)16-8)18-12-6-11(14)5-4-10(12)7-15/h4-6H,7,15H2,1-3H3. The third kappa shape index (κ3) is 2.42. The van der Waals surface area contributed by atoms with Gasteiger partial charge in [0.1, 0.15) is 11.4 Å². The smallest absolute Gasteiger partial charge is 0.171 e. The van der Waals surface area contributed by atoms with Gasteiger partial charge < -0.3 is 10.5 Å². The minimum Gasteiger partial charge on any atom is -0.453 e. The Morgan fingerprint density at radius 1 is 1.39 bits per heavy atom. The lowest BCUT2D eigenvalue weighted by Gasteiger charge is -2.10. The van der Waals surface area contributed by atoms with Crippen LogP contribution in [0.25, 0.3) is 0 Å². The number of rotatable bonds is 3. The topological polar surface area (TPSA) is 53.1 Å². The molecular formula is C13H16BrN3O. The average Bonchev–Trinajstić information content (AvgIpc) is 2.56. The highest BCUT2D eigenvalue weighted by atomic mass is 79.9. The number of benzene rings is 1. The second-order valence-corrected chi connectivity index (χ2v) is 5.10. The summed E-state index contributed by atoms with van der Waals surface area (Å²) in [5.41, 5.74) is 8.56. The average molecular weight is 310 g/mol. The molecule has 2 N–H and O–H groups in total. The van der Waals surface area contributed by atoms with Crippen molar-refractivity contribution >= 4 is 15.9 Å². The minimum atomic E-state index is 0.445. The summed E-state index contributed by atoms with van der Waals surface area (Å²) in [6.07, 6.45) is 0. The van der Waals surface area contributed by atoms with Crippen LogP contribution < -0.4 is 10.5 Å². The maximum absolute atomic E-state index is 5.97. The van der Waals surface area contributed by atoms with Crippen molar-refractivity contribution in [2.75, 3.05) is 0 Å². The zero-order valence-corrected chi connectivity index (χ0v) is 12.3. The molecule has 0 unspecified atom stereocenters. The SMILES string of the molecule is Cc1nn(C)c(C)c1Oc1cc(Br)ccc1CN. The summed E-state index contributed by atoms with van der Waals surface area (Å²) in [5.74, 6) is 1.57. The van der Waals surface area contributed by atoms with E-state index < -0.39 is 0 Å². The summed E-state index contributed by atoms with van der Waals surface area (Å²) >= 11 is 3.44. The maximum Gasteiger partial charge on any atom is 0.171 e. The molecule has 0 saturated heterocycles. The van der Waals surface area contributed by atoms with E-state index in [1.54, 1.807) is 0 Å². The van der Waals surface area contributed by atoms with E-state index in [2.05, 4.69) is 21.0 Å². The van der Waals surface area contributed by atoms with Crippen LogP contribution in [-0.2, 0) is 13.6 Å². The monoisotopic (exact) mass is 309 g/mol. The van der Waals surface area contributed by atoms with Gasteiger partial charge in [0.2, 0.25) is 0 Å². The third-order valence-corrected chi connectivity index (χ3v) is 3.40. The molecule has 0 spiro atoms. The van der Waals surface area contributed by atoms with Gasteiger partial charge in [-0.25, -0.2) is 0 Å². The Labute approximate surface area is 115 Å². The second kappa shape index (κ2) is 5.12. The third-order valence-electron chi connectivity index (χ3n) is 2.90. The van der Waals surface area contributed by atoms with Crippen molar-refractivity contribution in [3.8, 4) is 11.5 Å². The van der Waals surface area contributed by atoms with E-state index >= 15 is 0 Å². The highest BCUT2D eigenvalue weighted by Crippen LogP contribution is 2.32. The molecule has 0 amide bonds. The molecule has 18 heavy (non-hydrogen) atoms. The van der Waals surface area contributed by atoms with Crippen molar-refractivity contribution in [2.45, 2.75) is 20.4 Å². The first-order valence-electron chi connectivity index (χ1n) is 5.69. The fourth-order valence-corrected chi connectivity index (χ4v) is 2.14. The fourth-order valence-electron chi connectivity index (χ4n) is 1.80. The second-order valence-electron chi connectivity index (χ2n) is 4.18. The van der Waals surface area contributed by atoms with Crippen LogP contribution in [0, 0.1) is 13.8 Å². The number of hydrogen-bond acceptors (Lipinski definition) is 3. The zero-order chi connectivity index (χ0) is 13.3. The molecule has 1 aromatic carbocycles. The molecule has 0 aliphatic carbocycles. The van der Waals surface area contributed by atoms with Crippen molar-refractivity contribution in [1.29, 1.82) is 0 Å². The van der Waals surface area contributed by atoms with E-state index in [0.717, 1.165) is 32.9 Å². The van der Waals surface area contributed by atoms with E-state index in [0.29, 0.717) is 6.54 Å². The molecule has 0 saturated carbocycles. The predicted octanol–water partition coefficient (Wildman–Crippen LogP) is 3.05. The molecule has 1 aromatic heterocycles. The Hall–Kier alpha value is -1.33. The number of nitrogens with zero attached hydrogens (tertiary/aromatic N) is 2. The first-order valence-corrected chi connectivity index (χ1v) is 6.48. The number of halogens is 1. The number of aromatic nitrogens is 2. The van der Waals surface area contributed by atoms with Gasteiger partial charge in [-0.15, -0.1) is 0 Å². The Kier molecular flexibility index (Phi) is 3.73. The van der Waals surface area contributed by atoms with E-state index in [9.17, 15) is 0 Å². The molecule has 0 bridgehead atoms. The van der Waals surface area contributed by atoms with Gasteiger partial charge in [-0.05, 0) is 26.0 Å². The molecule has 2 rings (SSSR count). The summed E-state index contributed by atoms with van der Waals surface area (Å²) < 4.78 is 8.75. The van der Waals surface area contributed by atoms with Gasteiger partial charge in [0.15, 0.2) is 5.75 Å². The Morgan fingerprint density at radius 3 is 2.67 bits per heavy atom. The summed E-state index contributed by atoms with van der Waals surface area (Å²) in [4.78, 5) is 0. The Balaban J connectivity index is 2.42. The van der Waals surface area contributed by atoms with Crippen LogP contribution >= 0.6 is 15.9 Å². The number of nitrogens with two attached hydrogens (primary N) is 1.